The molecule has 0 aromatic rings. The van der Waals surface area contributed by atoms with Crippen molar-refractivity contribution in [2.24, 2.45) is 5.73 Å². The Morgan fingerprint density at radius 2 is 0.714 bits per heavy atom. The Balaban J connectivity index is 4.10. The predicted octanol–water partition coefficient (Wildman–Crippen LogP) is 19.7. The molecule has 0 spiro atoms. The van der Waals surface area contributed by atoms with Gasteiger partial charge in [-0.05, 0) is 116 Å². The van der Waals surface area contributed by atoms with Crippen molar-refractivity contribution in [3.63, 3.8) is 0 Å². The van der Waals surface area contributed by atoms with E-state index in [-0.39, 0.29) is 32.6 Å². The van der Waals surface area contributed by atoms with Crippen LogP contribution in [0.15, 0.2) is 134 Å². The van der Waals surface area contributed by atoms with Crippen molar-refractivity contribution < 1.29 is 37.6 Å². The minimum absolute atomic E-state index is 0.0393. The van der Waals surface area contributed by atoms with E-state index in [2.05, 4.69) is 148 Å². The maximum absolute atomic E-state index is 12.7. The van der Waals surface area contributed by atoms with Crippen LogP contribution in [0.25, 0.3) is 0 Å². The van der Waals surface area contributed by atoms with E-state index in [1.807, 2.05) is 0 Å². The fourth-order valence-corrected chi connectivity index (χ4v) is 8.78. The molecular weight excluding hydrogens is 978 g/mol. The van der Waals surface area contributed by atoms with Crippen LogP contribution in [-0.4, -0.2) is 49.3 Å². The average Bonchev–Trinajstić information content (AvgIpc) is 3.42. The van der Waals surface area contributed by atoms with Crippen LogP contribution in [0, 0.1) is 0 Å². The Kier molecular flexibility index (Phi) is 58.3. The van der Waals surface area contributed by atoms with Crippen LogP contribution < -0.4 is 5.73 Å². The molecule has 0 aliphatic rings. The molecule has 438 valence electrons. The summed E-state index contributed by atoms with van der Waals surface area (Å²) in [5, 5.41) is 0. The molecular formula is C67H112NO8P. The fraction of sp³-hybridized carbons (Fsp3) is 0.642. The van der Waals surface area contributed by atoms with Gasteiger partial charge < -0.3 is 20.1 Å². The Morgan fingerprint density at radius 1 is 0.403 bits per heavy atom. The lowest BCUT2D eigenvalue weighted by molar-refractivity contribution is -0.161. The van der Waals surface area contributed by atoms with Crippen LogP contribution in [0.1, 0.15) is 245 Å². The Labute approximate surface area is 472 Å². The number of allylic oxidation sites excluding steroid dienone is 22. The number of esters is 2. The topological polar surface area (TPSA) is 134 Å². The molecule has 0 radical (unpaired) electrons. The SMILES string of the molecule is CC/C=C\C/C=C\C/C=C\C/C=C\C/C=C\C/C=C\C/C=C\C/C=C\C/C=C\C/C=C\CCCCC(=O)OC(COC(=O)CCCCCCCCCCCCC/C=C\CCCCCCCCCC)COP(=O)(O)OCCN. The van der Waals surface area contributed by atoms with Crippen molar-refractivity contribution in [2.75, 3.05) is 26.4 Å². The average molecular weight is 1090 g/mol. The van der Waals surface area contributed by atoms with Gasteiger partial charge in [-0.1, -0.05) is 250 Å². The first kappa shape index (κ1) is 73.2. The van der Waals surface area contributed by atoms with Gasteiger partial charge in [-0.2, -0.15) is 0 Å². The quantitative estimate of drug-likeness (QED) is 0.0264. The highest BCUT2D eigenvalue weighted by molar-refractivity contribution is 7.47. The number of hydrogen-bond acceptors (Lipinski definition) is 8. The molecule has 0 aromatic carbocycles. The zero-order chi connectivity index (χ0) is 55.9. The van der Waals surface area contributed by atoms with Crippen molar-refractivity contribution >= 4 is 19.8 Å². The van der Waals surface area contributed by atoms with Gasteiger partial charge in [-0.3, -0.25) is 18.6 Å². The number of hydrogen-bond donors (Lipinski definition) is 2. The van der Waals surface area contributed by atoms with E-state index < -0.39 is 32.5 Å². The zero-order valence-electron chi connectivity index (χ0n) is 48.9. The lowest BCUT2D eigenvalue weighted by atomic mass is 10.0. The molecule has 0 amide bonds. The molecule has 0 aliphatic carbocycles. The van der Waals surface area contributed by atoms with E-state index in [0.29, 0.717) is 6.42 Å². The first-order valence-electron chi connectivity index (χ1n) is 30.7. The summed E-state index contributed by atoms with van der Waals surface area (Å²) in [6.07, 6.45) is 86.6. The van der Waals surface area contributed by atoms with Gasteiger partial charge in [0, 0.05) is 19.4 Å². The van der Waals surface area contributed by atoms with E-state index in [4.69, 9.17) is 24.3 Å². The van der Waals surface area contributed by atoms with E-state index in [1.54, 1.807) is 0 Å². The Morgan fingerprint density at radius 3 is 1.10 bits per heavy atom. The number of phosphoric ester groups is 1. The molecule has 0 saturated carbocycles. The molecule has 0 bridgehead atoms. The van der Waals surface area contributed by atoms with Gasteiger partial charge in [-0.15, -0.1) is 0 Å². The molecule has 0 fully saturated rings. The van der Waals surface area contributed by atoms with Crippen molar-refractivity contribution in [3.8, 4) is 0 Å². The first-order valence-corrected chi connectivity index (χ1v) is 32.2. The van der Waals surface area contributed by atoms with Crippen molar-refractivity contribution in [2.45, 2.75) is 251 Å². The third kappa shape index (κ3) is 61.2. The van der Waals surface area contributed by atoms with Gasteiger partial charge in [0.15, 0.2) is 6.10 Å². The molecule has 10 heteroatoms. The zero-order valence-corrected chi connectivity index (χ0v) is 49.8. The summed E-state index contributed by atoms with van der Waals surface area (Å²) in [5.74, 6) is -0.885. The van der Waals surface area contributed by atoms with Crippen molar-refractivity contribution in [1.29, 1.82) is 0 Å². The summed E-state index contributed by atoms with van der Waals surface area (Å²) >= 11 is 0. The summed E-state index contributed by atoms with van der Waals surface area (Å²) in [7, 11) is -4.41. The number of unbranched alkanes of at least 4 members (excludes halogenated alkanes) is 21. The predicted molar refractivity (Wildman–Crippen MR) is 330 cm³/mol. The number of carbonyl (C=O) groups excluding carboxylic acids is 2. The van der Waals surface area contributed by atoms with E-state index >= 15 is 0 Å². The van der Waals surface area contributed by atoms with Gasteiger partial charge in [0.05, 0.1) is 13.2 Å². The lowest BCUT2D eigenvalue weighted by Gasteiger charge is -2.19. The summed E-state index contributed by atoms with van der Waals surface area (Å²) in [5.41, 5.74) is 5.38. The van der Waals surface area contributed by atoms with Crippen LogP contribution in [-0.2, 0) is 32.7 Å². The minimum atomic E-state index is -4.41. The Hall–Kier alpha value is -3.85. The lowest BCUT2D eigenvalue weighted by Crippen LogP contribution is -2.29. The van der Waals surface area contributed by atoms with E-state index in [9.17, 15) is 19.0 Å². The Bertz CT molecular complexity index is 1720. The molecule has 0 heterocycles. The van der Waals surface area contributed by atoms with Gasteiger partial charge in [-0.25, -0.2) is 4.57 Å². The van der Waals surface area contributed by atoms with Gasteiger partial charge in [0.2, 0.25) is 0 Å². The van der Waals surface area contributed by atoms with Gasteiger partial charge >= 0.3 is 19.8 Å². The molecule has 0 rings (SSSR count). The van der Waals surface area contributed by atoms with Crippen LogP contribution in [0.3, 0.4) is 0 Å². The highest BCUT2D eigenvalue weighted by atomic mass is 31.2. The maximum atomic E-state index is 12.7. The van der Waals surface area contributed by atoms with Crippen LogP contribution in [0.5, 0.6) is 0 Å². The molecule has 0 aliphatic heterocycles. The highest BCUT2D eigenvalue weighted by Crippen LogP contribution is 2.43. The number of ether oxygens (including phenoxy) is 2. The van der Waals surface area contributed by atoms with Gasteiger partial charge in [0.1, 0.15) is 6.61 Å². The minimum Gasteiger partial charge on any atom is -0.462 e. The third-order valence-electron chi connectivity index (χ3n) is 12.5. The van der Waals surface area contributed by atoms with Crippen LogP contribution in [0.4, 0.5) is 0 Å². The second-order valence-corrected chi connectivity index (χ2v) is 21.3. The smallest absolute Gasteiger partial charge is 0.462 e. The van der Waals surface area contributed by atoms with E-state index in [1.165, 1.54) is 116 Å². The monoisotopic (exact) mass is 1090 g/mol. The van der Waals surface area contributed by atoms with Crippen molar-refractivity contribution in [3.05, 3.63) is 134 Å². The number of nitrogens with two attached hydrogens (primary N) is 1. The second kappa shape index (κ2) is 61.4. The molecule has 3 N–H and O–H groups in total. The van der Waals surface area contributed by atoms with Crippen molar-refractivity contribution in [1.82, 2.24) is 0 Å². The molecule has 2 atom stereocenters. The van der Waals surface area contributed by atoms with Crippen LogP contribution >= 0.6 is 7.82 Å². The number of rotatable bonds is 56. The molecule has 9 nitrogen and oxygen atoms in total. The summed E-state index contributed by atoms with van der Waals surface area (Å²) < 4.78 is 33.0. The standard InChI is InChI=1S/C67H112NO8P/c1-3-5-7-9-11-13-15-17-19-21-23-25-27-28-29-30-31-32-33-34-35-36-38-40-42-44-46-48-50-52-54-56-58-60-67(70)76-65(64-75-77(71,72)74-62-61-68)63-73-66(69)59-57-55-53-51-49-47-45-43-41-39-37-26-24-22-20-18-16-14-12-10-8-6-4-2/h5,7,11,13,17,19,22-25,28-29,31-32,34-35,38,40,44,46,50,52,65H,3-4,6,8-10,12,14-16,18,20-21,26-27,30,33,36-37,39,41-43,45,47-49,51,53-64,68H2,1-2H3,(H,71,72)/b7-5-,13-11-,19-17-,24-22-,25-23-,29-28-,32-31-,35-34-,40-38-,46-44-,52-50-. The number of carbonyl (C=O) groups is 2. The van der Waals surface area contributed by atoms with Gasteiger partial charge in [0.25, 0.3) is 0 Å². The summed E-state index contributed by atoms with van der Waals surface area (Å²) in [6.45, 7) is 3.58. The van der Waals surface area contributed by atoms with E-state index in [0.717, 1.165) is 96.3 Å². The summed E-state index contributed by atoms with van der Waals surface area (Å²) in [4.78, 5) is 35.2. The first-order chi connectivity index (χ1) is 37.8. The highest BCUT2D eigenvalue weighted by Gasteiger charge is 2.26. The maximum Gasteiger partial charge on any atom is 0.472 e. The molecule has 0 saturated heterocycles. The largest absolute Gasteiger partial charge is 0.472 e. The molecule has 0 aromatic heterocycles. The molecule has 2 unspecified atom stereocenters. The molecule has 77 heavy (non-hydrogen) atoms. The number of phosphoric acid groups is 1. The fourth-order valence-electron chi connectivity index (χ4n) is 8.01. The third-order valence-corrected chi connectivity index (χ3v) is 13.5. The van der Waals surface area contributed by atoms with Crippen LogP contribution in [0.2, 0.25) is 0 Å². The summed E-state index contributed by atoms with van der Waals surface area (Å²) in [6, 6.07) is 0. The normalized spacial score (nSPS) is 14.0. The second-order valence-electron chi connectivity index (χ2n) is 19.8.